The number of hydrogen-bond donors (Lipinski definition) is 1. The zero-order valence-corrected chi connectivity index (χ0v) is 14.3. The molecule has 0 fully saturated rings. The second-order valence-electron chi connectivity index (χ2n) is 7.11. The smallest absolute Gasteiger partial charge is 0.0323 e. The van der Waals surface area contributed by atoms with E-state index < -0.39 is 0 Å². The predicted molar refractivity (Wildman–Crippen MR) is 90.1 cm³/mol. The third kappa shape index (κ3) is 5.28. The Labute approximate surface area is 126 Å². The molecule has 1 nitrogen and oxygen atoms in total. The summed E-state index contributed by atoms with van der Waals surface area (Å²) in [5.41, 5.74) is 3.26. The third-order valence-corrected chi connectivity index (χ3v) is 4.47. The molecule has 0 spiro atoms. The van der Waals surface area contributed by atoms with E-state index in [1.807, 2.05) is 0 Å². The van der Waals surface area contributed by atoms with Gasteiger partial charge in [0.1, 0.15) is 0 Å². The van der Waals surface area contributed by atoms with E-state index in [9.17, 15) is 0 Å². The van der Waals surface area contributed by atoms with Crippen LogP contribution in [-0.4, -0.2) is 6.54 Å². The lowest BCUT2D eigenvalue weighted by Crippen LogP contribution is -2.28. The van der Waals surface area contributed by atoms with Crippen molar-refractivity contribution in [3.8, 4) is 0 Å². The highest BCUT2D eigenvalue weighted by atomic mass is 14.9. The third-order valence-electron chi connectivity index (χ3n) is 4.47. The molecule has 1 aromatic rings. The van der Waals surface area contributed by atoms with E-state index in [1.54, 1.807) is 0 Å². The Hall–Kier alpha value is -0.820. The van der Waals surface area contributed by atoms with Gasteiger partial charge >= 0.3 is 0 Å². The fourth-order valence-corrected chi connectivity index (χ4v) is 2.39. The summed E-state index contributed by atoms with van der Waals surface area (Å²) in [6.07, 6.45) is 3.51. The summed E-state index contributed by atoms with van der Waals surface area (Å²) in [5, 5.41) is 3.74. The molecule has 0 radical (unpaired) electrons. The molecule has 0 aliphatic heterocycles. The van der Waals surface area contributed by atoms with Crippen molar-refractivity contribution < 1.29 is 0 Å². The van der Waals surface area contributed by atoms with Crippen molar-refractivity contribution in [3.05, 3.63) is 35.4 Å². The van der Waals surface area contributed by atoms with Gasteiger partial charge in [0, 0.05) is 6.04 Å². The van der Waals surface area contributed by atoms with Gasteiger partial charge in [0.15, 0.2) is 0 Å². The Balaban J connectivity index is 2.87. The molecule has 0 aliphatic carbocycles. The highest BCUT2D eigenvalue weighted by Gasteiger charge is 2.24. The van der Waals surface area contributed by atoms with Crippen LogP contribution in [0.15, 0.2) is 24.3 Å². The number of aryl methyl sites for hydroxylation is 1. The van der Waals surface area contributed by atoms with E-state index in [0.717, 1.165) is 13.0 Å². The molecule has 20 heavy (non-hydrogen) atoms. The van der Waals surface area contributed by atoms with Crippen molar-refractivity contribution in [1.82, 2.24) is 5.32 Å². The fraction of sp³-hybridized carbons (Fsp3) is 0.684. The summed E-state index contributed by atoms with van der Waals surface area (Å²) >= 11 is 0. The van der Waals surface area contributed by atoms with Crippen LogP contribution >= 0.6 is 0 Å². The van der Waals surface area contributed by atoms with Crippen LogP contribution in [0, 0.1) is 11.3 Å². The van der Waals surface area contributed by atoms with Crippen LogP contribution in [0.2, 0.25) is 0 Å². The van der Waals surface area contributed by atoms with E-state index in [-0.39, 0.29) is 0 Å². The van der Waals surface area contributed by atoms with Crippen molar-refractivity contribution >= 4 is 0 Å². The van der Waals surface area contributed by atoms with Crippen molar-refractivity contribution in [2.75, 3.05) is 6.54 Å². The standard InChI is InChI=1S/C19H33N/c1-7-12-20-18(13-15(3)19(4,5)6)17-11-9-10-16(8-2)14-17/h9-11,14-15,18,20H,7-8,12-13H2,1-6H3. The Morgan fingerprint density at radius 2 is 1.85 bits per heavy atom. The van der Waals surface area contributed by atoms with Crippen LogP contribution < -0.4 is 5.32 Å². The Morgan fingerprint density at radius 3 is 2.40 bits per heavy atom. The zero-order valence-electron chi connectivity index (χ0n) is 14.3. The molecular formula is C19H33N. The average molecular weight is 275 g/mol. The van der Waals surface area contributed by atoms with Gasteiger partial charge in [-0.05, 0) is 48.3 Å². The van der Waals surface area contributed by atoms with Crippen LogP contribution in [0.3, 0.4) is 0 Å². The highest BCUT2D eigenvalue weighted by Crippen LogP contribution is 2.33. The SMILES string of the molecule is CCCNC(CC(C)C(C)(C)C)c1cccc(CC)c1. The molecule has 1 N–H and O–H groups in total. The van der Waals surface area contributed by atoms with E-state index in [0.29, 0.717) is 17.4 Å². The van der Waals surface area contributed by atoms with Gasteiger partial charge in [-0.2, -0.15) is 0 Å². The van der Waals surface area contributed by atoms with Gasteiger partial charge < -0.3 is 5.32 Å². The maximum atomic E-state index is 3.74. The second-order valence-corrected chi connectivity index (χ2v) is 7.11. The molecule has 114 valence electrons. The largest absolute Gasteiger partial charge is 0.310 e. The first-order valence-electron chi connectivity index (χ1n) is 8.20. The minimum atomic E-state index is 0.370. The Bertz CT molecular complexity index is 389. The molecule has 2 unspecified atom stereocenters. The lowest BCUT2D eigenvalue weighted by molar-refractivity contribution is 0.223. The lowest BCUT2D eigenvalue weighted by Gasteiger charge is -2.31. The van der Waals surface area contributed by atoms with E-state index in [2.05, 4.69) is 71.1 Å². The topological polar surface area (TPSA) is 12.0 Å². The van der Waals surface area contributed by atoms with Gasteiger partial charge in [-0.1, -0.05) is 65.8 Å². The van der Waals surface area contributed by atoms with Crippen molar-refractivity contribution in [1.29, 1.82) is 0 Å². The molecule has 0 bridgehead atoms. The van der Waals surface area contributed by atoms with Crippen LogP contribution in [-0.2, 0) is 6.42 Å². The van der Waals surface area contributed by atoms with Crippen molar-refractivity contribution in [2.45, 2.75) is 66.8 Å². The minimum absolute atomic E-state index is 0.370. The van der Waals surface area contributed by atoms with Gasteiger partial charge in [0.05, 0.1) is 0 Å². The normalized spacial score (nSPS) is 15.1. The summed E-state index contributed by atoms with van der Waals surface area (Å²) in [4.78, 5) is 0. The van der Waals surface area contributed by atoms with Crippen LogP contribution in [0.1, 0.15) is 71.6 Å². The van der Waals surface area contributed by atoms with Crippen molar-refractivity contribution in [3.63, 3.8) is 0 Å². The van der Waals surface area contributed by atoms with E-state index >= 15 is 0 Å². The first kappa shape index (κ1) is 17.2. The molecule has 0 saturated heterocycles. The number of rotatable bonds is 7. The zero-order chi connectivity index (χ0) is 15.2. The minimum Gasteiger partial charge on any atom is -0.310 e. The molecule has 2 atom stereocenters. The predicted octanol–water partition coefficient (Wildman–Crippen LogP) is 5.36. The van der Waals surface area contributed by atoms with Crippen LogP contribution in [0.25, 0.3) is 0 Å². The van der Waals surface area contributed by atoms with Crippen LogP contribution in [0.5, 0.6) is 0 Å². The number of hydrogen-bond acceptors (Lipinski definition) is 1. The molecule has 0 aliphatic rings. The molecule has 0 heterocycles. The fourth-order valence-electron chi connectivity index (χ4n) is 2.39. The molecule has 1 heteroatoms. The number of nitrogens with one attached hydrogen (secondary N) is 1. The Morgan fingerprint density at radius 1 is 1.15 bits per heavy atom. The molecule has 0 amide bonds. The maximum Gasteiger partial charge on any atom is 0.0323 e. The van der Waals surface area contributed by atoms with Crippen LogP contribution in [0.4, 0.5) is 0 Å². The van der Waals surface area contributed by atoms with E-state index in [4.69, 9.17) is 0 Å². The second kappa shape index (κ2) is 7.83. The van der Waals surface area contributed by atoms with Gasteiger partial charge in [0.25, 0.3) is 0 Å². The summed E-state index contributed by atoms with van der Waals surface area (Å²) in [7, 11) is 0. The summed E-state index contributed by atoms with van der Waals surface area (Å²) in [5.74, 6) is 0.696. The van der Waals surface area contributed by atoms with Gasteiger partial charge in [-0.15, -0.1) is 0 Å². The van der Waals surface area contributed by atoms with Gasteiger partial charge in [-0.3, -0.25) is 0 Å². The lowest BCUT2D eigenvalue weighted by atomic mass is 9.77. The quantitative estimate of drug-likeness (QED) is 0.706. The van der Waals surface area contributed by atoms with Crippen molar-refractivity contribution in [2.24, 2.45) is 11.3 Å². The highest BCUT2D eigenvalue weighted by molar-refractivity contribution is 5.26. The van der Waals surface area contributed by atoms with Gasteiger partial charge in [-0.25, -0.2) is 0 Å². The van der Waals surface area contributed by atoms with Gasteiger partial charge in [0.2, 0.25) is 0 Å². The summed E-state index contributed by atoms with van der Waals surface area (Å²) < 4.78 is 0. The summed E-state index contributed by atoms with van der Waals surface area (Å²) in [6, 6.07) is 9.57. The maximum absolute atomic E-state index is 3.74. The monoisotopic (exact) mass is 275 g/mol. The molecule has 1 rings (SSSR count). The Kier molecular flexibility index (Phi) is 6.75. The first-order chi connectivity index (χ1) is 9.38. The summed E-state index contributed by atoms with van der Waals surface area (Å²) in [6.45, 7) is 15.0. The number of benzene rings is 1. The molecule has 0 saturated carbocycles. The first-order valence-corrected chi connectivity index (χ1v) is 8.20. The van der Waals surface area contributed by atoms with E-state index in [1.165, 1.54) is 24.0 Å². The molecule has 1 aromatic carbocycles. The average Bonchev–Trinajstić information content (AvgIpc) is 2.42. The molecular weight excluding hydrogens is 242 g/mol. The molecule has 0 aromatic heterocycles.